The van der Waals surface area contributed by atoms with Gasteiger partial charge in [-0.2, -0.15) is 5.10 Å². The van der Waals surface area contributed by atoms with Crippen LogP contribution in [0.3, 0.4) is 0 Å². The van der Waals surface area contributed by atoms with Crippen molar-refractivity contribution < 1.29 is 9.18 Å². The number of anilines is 1. The number of carbonyl (C=O) groups excluding carboxylic acids is 1. The van der Waals surface area contributed by atoms with Crippen LogP contribution in [-0.2, 0) is 19.5 Å². The number of nitrogens with one attached hydrogen (secondary N) is 2. The van der Waals surface area contributed by atoms with Crippen molar-refractivity contribution >= 4 is 23.3 Å². The molecule has 1 aromatic carbocycles. The summed E-state index contributed by atoms with van der Waals surface area (Å²) >= 11 is 5.76. The number of aromatic nitrogens is 2. The predicted molar refractivity (Wildman–Crippen MR) is 99.9 cm³/mol. The Balaban J connectivity index is 1.61. The third-order valence-electron chi connectivity index (χ3n) is 4.65. The summed E-state index contributed by atoms with van der Waals surface area (Å²) in [6.07, 6.45) is 3.74. The summed E-state index contributed by atoms with van der Waals surface area (Å²) in [7, 11) is 1.95. The Hall–Kier alpha value is -2.12. The Morgan fingerprint density at radius 3 is 3.00 bits per heavy atom. The number of carbonyl (C=O) groups is 1. The van der Waals surface area contributed by atoms with E-state index in [0.717, 1.165) is 30.6 Å². The van der Waals surface area contributed by atoms with Crippen molar-refractivity contribution in [1.82, 2.24) is 20.0 Å². The average Bonchev–Trinajstić information content (AvgIpc) is 3.04. The second-order valence-corrected chi connectivity index (χ2v) is 6.98. The minimum atomic E-state index is -0.507. The molecule has 26 heavy (non-hydrogen) atoms. The highest BCUT2D eigenvalue weighted by Gasteiger charge is 2.23. The van der Waals surface area contributed by atoms with Crippen molar-refractivity contribution in [3.05, 3.63) is 46.5 Å². The van der Waals surface area contributed by atoms with E-state index < -0.39 is 5.82 Å². The summed E-state index contributed by atoms with van der Waals surface area (Å²) in [5.41, 5.74) is 2.60. The zero-order valence-corrected chi connectivity index (χ0v) is 15.7. The molecule has 1 aliphatic heterocycles. The zero-order chi connectivity index (χ0) is 18.7. The number of fused-ring (bicyclic) bond motifs is 1. The maximum Gasteiger partial charge on any atom is 0.322 e. The Morgan fingerprint density at radius 1 is 1.46 bits per heavy atom. The topological polar surface area (TPSA) is 62.2 Å². The lowest BCUT2D eigenvalue weighted by molar-refractivity contribution is 0.206. The fraction of sp³-hybridized carbons (Fsp3) is 0.444. The van der Waals surface area contributed by atoms with E-state index in [0.29, 0.717) is 24.8 Å². The molecule has 2 heterocycles. The molecule has 140 valence electrons. The SMILES string of the molecule is CNC(C)CCn1cc2c(n1)CCN(C(=O)Nc1ccc(F)c(Cl)c1)C2. The lowest BCUT2D eigenvalue weighted by Gasteiger charge is -2.26. The first-order valence-electron chi connectivity index (χ1n) is 8.69. The molecule has 1 aromatic heterocycles. The van der Waals surface area contributed by atoms with Crippen LogP contribution in [0.5, 0.6) is 0 Å². The number of aryl methyl sites for hydroxylation is 1. The van der Waals surface area contributed by atoms with Crippen LogP contribution in [0.4, 0.5) is 14.9 Å². The fourth-order valence-electron chi connectivity index (χ4n) is 2.91. The summed E-state index contributed by atoms with van der Waals surface area (Å²) in [5, 5.41) is 10.6. The van der Waals surface area contributed by atoms with Crippen LogP contribution in [0.25, 0.3) is 0 Å². The molecule has 0 fully saturated rings. The molecule has 0 radical (unpaired) electrons. The first-order valence-corrected chi connectivity index (χ1v) is 9.07. The van der Waals surface area contributed by atoms with Crippen molar-refractivity contribution in [3.8, 4) is 0 Å². The Kier molecular flexibility index (Phi) is 5.78. The summed E-state index contributed by atoms with van der Waals surface area (Å²) in [6.45, 7) is 4.09. The lowest BCUT2D eigenvalue weighted by atomic mass is 10.1. The van der Waals surface area contributed by atoms with E-state index in [2.05, 4.69) is 22.7 Å². The first kappa shape index (κ1) is 18.7. The molecule has 1 unspecified atom stereocenters. The normalized spacial score (nSPS) is 14.8. The number of amides is 2. The van der Waals surface area contributed by atoms with Crippen LogP contribution in [0.15, 0.2) is 24.4 Å². The molecule has 0 saturated carbocycles. The van der Waals surface area contributed by atoms with Crippen LogP contribution >= 0.6 is 11.6 Å². The summed E-state index contributed by atoms with van der Waals surface area (Å²) in [4.78, 5) is 14.2. The smallest absolute Gasteiger partial charge is 0.320 e. The van der Waals surface area contributed by atoms with Gasteiger partial charge in [-0.3, -0.25) is 4.68 Å². The summed E-state index contributed by atoms with van der Waals surface area (Å²) in [5.74, 6) is -0.507. The number of nitrogens with zero attached hydrogens (tertiary/aromatic N) is 3. The molecule has 2 aromatic rings. The van der Waals surface area contributed by atoms with E-state index in [-0.39, 0.29) is 11.1 Å². The van der Waals surface area contributed by atoms with Crippen LogP contribution in [0.2, 0.25) is 5.02 Å². The van der Waals surface area contributed by atoms with E-state index in [1.165, 1.54) is 18.2 Å². The van der Waals surface area contributed by atoms with E-state index in [4.69, 9.17) is 11.6 Å². The monoisotopic (exact) mass is 379 g/mol. The molecule has 3 rings (SSSR count). The molecule has 0 aliphatic carbocycles. The van der Waals surface area contributed by atoms with Gasteiger partial charge in [-0.25, -0.2) is 9.18 Å². The van der Waals surface area contributed by atoms with Gasteiger partial charge in [-0.15, -0.1) is 0 Å². The molecule has 0 saturated heterocycles. The Bertz CT molecular complexity index is 794. The van der Waals surface area contributed by atoms with Crippen LogP contribution in [-0.4, -0.2) is 40.3 Å². The third kappa shape index (κ3) is 4.34. The van der Waals surface area contributed by atoms with Crippen molar-refractivity contribution in [2.75, 3.05) is 18.9 Å². The van der Waals surface area contributed by atoms with Crippen molar-refractivity contribution in [1.29, 1.82) is 0 Å². The third-order valence-corrected chi connectivity index (χ3v) is 4.94. The first-order chi connectivity index (χ1) is 12.5. The number of hydrogen-bond donors (Lipinski definition) is 2. The van der Waals surface area contributed by atoms with Gasteiger partial charge >= 0.3 is 6.03 Å². The fourth-order valence-corrected chi connectivity index (χ4v) is 3.09. The lowest BCUT2D eigenvalue weighted by Crippen LogP contribution is -2.38. The summed E-state index contributed by atoms with van der Waals surface area (Å²) in [6, 6.07) is 4.35. The highest BCUT2D eigenvalue weighted by Crippen LogP contribution is 2.22. The quantitative estimate of drug-likeness (QED) is 0.838. The number of urea groups is 1. The number of halogens is 2. The van der Waals surface area contributed by atoms with Gasteiger partial charge in [0.1, 0.15) is 5.82 Å². The van der Waals surface area contributed by atoms with Gasteiger partial charge in [0.05, 0.1) is 17.3 Å². The molecule has 1 aliphatic rings. The number of rotatable bonds is 5. The van der Waals surface area contributed by atoms with Gasteiger partial charge in [0.2, 0.25) is 0 Å². The Morgan fingerprint density at radius 2 is 2.27 bits per heavy atom. The van der Waals surface area contributed by atoms with Crippen molar-refractivity contribution in [2.24, 2.45) is 0 Å². The minimum Gasteiger partial charge on any atom is -0.320 e. The molecular weight excluding hydrogens is 357 g/mol. The molecular formula is C18H23ClFN5O. The second-order valence-electron chi connectivity index (χ2n) is 6.57. The maximum atomic E-state index is 13.2. The van der Waals surface area contributed by atoms with Crippen molar-refractivity contribution in [2.45, 2.75) is 38.9 Å². The van der Waals surface area contributed by atoms with Gasteiger partial charge in [0.25, 0.3) is 0 Å². The number of hydrogen-bond acceptors (Lipinski definition) is 3. The van der Waals surface area contributed by atoms with Gasteiger partial charge < -0.3 is 15.5 Å². The molecule has 2 amide bonds. The van der Waals surface area contributed by atoms with E-state index in [1.54, 1.807) is 4.90 Å². The van der Waals surface area contributed by atoms with Crippen LogP contribution in [0, 0.1) is 5.82 Å². The maximum absolute atomic E-state index is 13.2. The van der Waals surface area contributed by atoms with Gasteiger partial charge in [-0.05, 0) is 38.6 Å². The number of benzene rings is 1. The van der Waals surface area contributed by atoms with E-state index >= 15 is 0 Å². The molecule has 0 bridgehead atoms. The second kappa shape index (κ2) is 8.05. The van der Waals surface area contributed by atoms with Crippen molar-refractivity contribution in [3.63, 3.8) is 0 Å². The largest absolute Gasteiger partial charge is 0.322 e. The standard InChI is InChI=1S/C18H23ClFN5O/c1-12(21-2)5-8-25-11-13-10-24(7-6-17(13)23-25)18(26)22-14-3-4-16(20)15(19)9-14/h3-4,9,11-12,21H,5-8,10H2,1-2H3,(H,22,26). The molecule has 1 atom stereocenters. The molecule has 8 heteroatoms. The van der Waals surface area contributed by atoms with E-state index in [9.17, 15) is 9.18 Å². The molecule has 0 spiro atoms. The van der Waals surface area contributed by atoms with Crippen LogP contribution < -0.4 is 10.6 Å². The predicted octanol–water partition coefficient (Wildman–Crippen LogP) is 3.26. The highest BCUT2D eigenvalue weighted by molar-refractivity contribution is 6.31. The minimum absolute atomic E-state index is 0.0131. The van der Waals surface area contributed by atoms with Gasteiger partial charge in [-0.1, -0.05) is 11.6 Å². The molecule has 2 N–H and O–H groups in total. The zero-order valence-electron chi connectivity index (χ0n) is 14.9. The average molecular weight is 380 g/mol. The highest BCUT2D eigenvalue weighted by atomic mass is 35.5. The molecule has 6 nitrogen and oxygen atoms in total. The summed E-state index contributed by atoms with van der Waals surface area (Å²) < 4.78 is 15.2. The van der Waals surface area contributed by atoms with Crippen LogP contribution in [0.1, 0.15) is 24.6 Å². The van der Waals surface area contributed by atoms with Gasteiger partial charge in [0.15, 0.2) is 0 Å². The van der Waals surface area contributed by atoms with E-state index in [1.807, 2.05) is 17.9 Å². The Labute approximate surface area is 157 Å². The van der Waals surface area contributed by atoms with Gasteiger partial charge in [0, 0.05) is 43.0 Å².